The Kier molecular flexibility index (Phi) is 3.61. The van der Waals surface area contributed by atoms with E-state index in [4.69, 9.17) is 9.57 Å². The molecule has 0 unspecified atom stereocenters. The van der Waals surface area contributed by atoms with Crippen LogP contribution in [-0.4, -0.2) is 18.1 Å². The molecule has 4 rings (SSSR count). The Bertz CT molecular complexity index is 686. The van der Waals surface area contributed by atoms with Crippen LogP contribution in [0.1, 0.15) is 52.5 Å². The molecule has 3 nitrogen and oxygen atoms in total. The number of nitrogens with zero attached hydrogens (tertiary/aromatic N) is 1. The summed E-state index contributed by atoms with van der Waals surface area (Å²) in [5.74, 6) is 0.767. The van der Waals surface area contributed by atoms with Gasteiger partial charge in [-0.15, -0.1) is 0 Å². The number of hydrogen-bond acceptors (Lipinski definition) is 3. The topological polar surface area (TPSA) is 30.8 Å². The van der Waals surface area contributed by atoms with Gasteiger partial charge in [0.2, 0.25) is 6.29 Å². The summed E-state index contributed by atoms with van der Waals surface area (Å²) < 4.78 is 6.50. The molecular weight excluding hydrogens is 298 g/mol. The molecule has 3 heteroatoms. The summed E-state index contributed by atoms with van der Waals surface area (Å²) >= 11 is 0. The number of hydrogen-bond donors (Lipinski definition) is 0. The Balaban J connectivity index is 1.52. The van der Waals surface area contributed by atoms with Crippen molar-refractivity contribution in [2.45, 2.75) is 59.4 Å². The predicted octanol–water partition coefficient (Wildman–Crippen LogP) is 4.92. The van der Waals surface area contributed by atoms with Crippen LogP contribution in [-0.2, 0) is 9.57 Å². The van der Waals surface area contributed by atoms with Crippen molar-refractivity contribution in [3.8, 4) is 0 Å². The van der Waals surface area contributed by atoms with Crippen LogP contribution >= 0.6 is 0 Å². The van der Waals surface area contributed by atoms with Gasteiger partial charge in [-0.25, -0.2) is 0 Å². The predicted molar refractivity (Wildman–Crippen MR) is 95.7 cm³/mol. The second kappa shape index (κ2) is 5.45. The molecule has 1 aromatic carbocycles. The van der Waals surface area contributed by atoms with E-state index >= 15 is 0 Å². The largest absolute Gasteiger partial charge is 0.358 e. The van der Waals surface area contributed by atoms with Crippen LogP contribution in [0.5, 0.6) is 0 Å². The molecular formula is C21H27NO2. The van der Waals surface area contributed by atoms with Gasteiger partial charge in [-0.3, -0.25) is 0 Å². The van der Waals surface area contributed by atoms with Gasteiger partial charge in [0.15, 0.2) is 0 Å². The zero-order chi connectivity index (χ0) is 16.9. The lowest BCUT2D eigenvalue weighted by Gasteiger charge is -2.43. The second-order valence-corrected chi connectivity index (χ2v) is 8.60. The monoisotopic (exact) mass is 325 g/mol. The first kappa shape index (κ1) is 15.9. The van der Waals surface area contributed by atoms with Crippen molar-refractivity contribution in [2.24, 2.45) is 21.9 Å². The number of benzene rings is 1. The van der Waals surface area contributed by atoms with Crippen molar-refractivity contribution in [3.63, 3.8) is 0 Å². The Hall–Kier alpha value is -1.61. The summed E-state index contributed by atoms with van der Waals surface area (Å²) in [6.45, 7) is 9.17. The van der Waals surface area contributed by atoms with E-state index in [1.807, 2.05) is 30.3 Å². The molecule has 1 aliphatic heterocycles. The molecule has 0 N–H and O–H groups in total. The highest BCUT2D eigenvalue weighted by Gasteiger charge is 2.60. The molecule has 0 radical (unpaired) electrons. The summed E-state index contributed by atoms with van der Waals surface area (Å²) in [5, 5.41) is 4.32. The normalized spacial score (nSPS) is 36.9. The lowest BCUT2D eigenvalue weighted by atomic mass is 9.70. The SMILES string of the molecule is CC1=CC(c2ccccc2)=NO[C@@H]1O[C@H]1C(C)(C)[C@H]2CC[C@]1(C)C2. The first-order chi connectivity index (χ1) is 11.4. The van der Waals surface area contributed by atoms with Gasteiger partial charge in [-0.1, -0.05) is 56.3 Å². The minimum atomic E-state index is -0.363. The van der Waals surface area contributed by atoms with Crippen molar-refractivity contribution in [1.82, 2.24) is 0 Å². The Morgan fingerprint density at radius 3 is 2.54 bits per heavy atom. The van der Waals surface area contributed by atoms with Crippen LogP contribution in [0.3, 0.4) is 0 Å². The lowest BCUT2D eigenvalue weighted by molar-refractivity contribution is -0.203. The van der Waals surface area contributed by atoms with Crippen LogP contribution in [0.4, 0.5) is 0 Å². The number of fused-ring (bicyclic) bond motifs is 2. The summed E-state index contributed by atoms with van der Waals surface area (Å²) in [5.41, 5.74) is 3.52. The van der Waals surface area contributed by atoms with E-state index in [1.54, 1.807) is 0 Å². The highest BCUT2D eigenvalue weighted by Crippen LogP contribution is 2.63. The van der Waals surface area contributed by atoms with E-state index in [2.05, 4.69) is 38.9 Å². The Labute approximate surface area is 144 Å². The molecule has 24 heavy (non-hydrogen) atoms. The lowest BCUT2D eigenvalue weighted by Crippen LogP contribution is -2.45. The van der Waals surface area contributed by atoms with E-state index < -0.39 is 0 Å². The Morgan fingerprint density at radius 1 is 1.17 bits per heavy atom. The molecule has 128 valence electrons. The molecule has 3 aliphatic rings. The van der Waals surface area contributed by atoms with Gasteiger partial charge in [0.25, 0.3) is 0 Å². The average Bonchev–Trinajstić information content (AvgIpc) is 3.04. The number of ether oxygens (including phenoxy) is 1. The first-order valence-electron chi connectivity index (χ1n) is 9.03. The highest BCUT2D eigenvalue weighted by atomic mass is 16.8. The molecule has 0 aromatic heterocycles. The third kappa shape index (κ3) is 2.41. The van der Waals surface area contributed by atoms with Crippen LogP contribution in [0.25, 0.3) is 0 Å². The van der Waals surface area contributed by atoms with Gasteiger partial charge in [0.1, 0.15) is 5.71 Å². The maximum absolute atomic E-state index is 6.50. The van der Waals surface area contributed by atoms with Crippen molar-refractivity contribution in [3.05, 3.63) is 47.5 Å². The van der Waals surface area contributed by atoms with Crippen LogP contribution in [0.2, 0.25) is 0 Å². The molecule has 0 amide bonds. The van der Waals surface area contributed by atoms with Crippen LogP contribution < -0.4 is 0 Å². The zero-order valence-corrected chi connectivity index (χ0v) is 15.1. The van der Waals surface area contributed by atoms with Crippen molar-refractivity contribution >= 4 is 5.71 Å². The third-order valence-electron chi connectivity index (χ3n) is 6.45. The molecule has 2 fully saturated rings. The quantitative estimate of drug-likeness (QED) is 0.789. The molecule has 4 atom stereocenters. The van der Waals surface area contributed by atoms with Crippen molar-refractivity contribution in [2.75, 3.05) is 0 Å². The van der Waals surface area contributed by atoms with E-state index in [9.17, 15) is 0 Å². The fourth-order valence-electron chi connectivity index (χ4n) is 5.09. The first-order valence-corrected chi connectivity index (χ1v) is 9.03. The fourth-order valence-corrected chi connectivity index (χ4v) is 5.09. The van der Waals surface area contributed by atoms with Crippen molar-refractivity contribution in [1.29, 1.82) is 0 Å². The third-order valence-corrected chi connectivity index (χ3v) is 6.45. The van der Waals surface area contributed by atoms with Crippen LogP contribution in [0, 0.1) is 16.7 Å². The number of rotatable bonds is 3. The molecule has 1 heterocycles. The summed E-state index contributed by atoms with van der Waals surface area (Å²) in [7, 11) is 0. The summed E-state index contributed by atoms with van der Waals surface area (Å²) in [4.78, 5) is 5.76. The van der Waals surface area contributed by atoms with Gasteiger partial charge in [-0.2, -0.15) is 0 Å². The molecule has 2 saturated carbocycles. The number of oxime groups is 1. The van der Waals surface area contributed by atoms with Crippen LogP contribution in [0.15, 0.2) is 47.1 Å². The molecule has 0 saturated heterocycles. The smallest absolute Gasteiger partial charge is 0.249 e. The van der Waals surface area contributed by atoms with Gasteiger partial charge in [0.05, 0.1) is 6.10 Å². The number of allylic oxidation sites excluding steroid dienone is 1. The van der Waals surface area contributed by atoms with E-state index in [0.717, 1.165) is 22.8 Å². The maximum Gasteiger partial charge on any atom is 0.249 e. The highest BCUT2D eigenvalue weighted by molar-refractivity contribution is 6.09. The van der Waals surface area contributed by atoms with E-state index in [-0.39, 0.29) is 23.2 Å². The standard InChI is InChI=1S/C21H27NO2/c1-14-12-17(15-8-6-5-7-9-15)22-24-18(14)23-19-20(2,3)16-10-11-21(19,4)13-16/h5-9,12,16,18-19H,10-11,13H2,1-4H3/t16-,18-,19-,21+/m0/s1. The molecule has 1 aromatic rings. The fraction of sp³-hybridized carbons (Fsp3) is 0.571. The average molecular weight is 325 g/mol. The molecule has 2 bridgehead atoms. The summed E-state index contributed by atoms with van der Waals surface area (Å²) in [6, 6.07) is 10.1. The minimum Gasteiger partial charge on any atom is -0.358 e. The molecule has 2 aliphatic carbocycles. The molecule has 0 spiro atoms. The van der Waals surface area contributed by atoms with E-state index in [1.165, 1.54) is 19.3 Å². The maximum atomic E-state index is 6.50. The van der Waals surface area contributed by atoms with Gasteiger partial charge < -0.3 is 9.57 Å². The van der Waals surface area contributed by atoms with Crippen molar-refractivity contribution < 1.29 is 9.57 Å². The van der Waals surface area contributed by atoms with Gasteiger partial charge >= 0.3 is 0 Å². The minimum absolute atomic E-state index is 0.208. The van der Waals surface area contributed by atoms with Gasteiger partial charge in [0, 0.05) is 5.56 Å². The Morgan fingerprint density at radius 2 is 1.92 bits per heavy atom. The second-order valence-electron chi connectivity index (χ2n) is 8.60. The zero-order valence-electron chi connectivity index (χ0n) is 15.1. The van der Waals surface area contributed by atoms with Gasteiger partial charge in [-0.05, 0) is 54.6 Å². The van der Waals surface area contributed by atoms with E-state index in [0.29, 0.717) is 0 Å². The summed E-state index contributed by atoms with van der Waals surface area (Å²) in [6.07, 6.45) is 5.83.